The Bertz CT molecular complexity index is 277. The van der Waals surface area contributed by atoms with E-state index in [1.807, 2.05) is 6.92 Å². The van der Waals surface area contributed by atoms with Gasteiger partial charge in [0.2, 0.25) is 5.91 Å². The molecule has 0 aromatic rings. The SMILES string of the molecule is CCNC(=O)CCNC1CCCC1C1CCCCN1. The Hall–Kier alpha value is -0.610. The largest absolute Gasteiger partial charge is 0.356 e. The molecule has 0 bridgehead atoms. The van der Waals surface area contributed by atoms with E-state index in [1.54, 1.807) is 0 Å². The fourth-order valence-corrected chi connectivity index (χ4v) is 3.62. The van der Waals surface area contributed by atoms with Gasteiger partial charge in [-0.05, 0) is 45.1 Å². The van der Waals surface area contributed by atoms with Gasteiger partial charge in [-0.2, -0.15) is 0 Å². The van der Waals surface area contributed by atoms with Gasteiger partial charge >= 0.3 is 0 Å². The molecular weight excluding hydrogens is 238 g/mol. The number of hydrogen-bond donors (Lipinski definition) is 3. The normalized spacial score (nSPS) is 31.3. The zero-order chi connectivity index (χ0) is 13.5. The number of piperidine rings is 1. The van der Waals surface area contributed by atoms with Gasteiger partial charge in [0.05, 0.1) is 0 Å². The van der Waals surface area contributed by atoms with Gasteiger partial charge in [-0.1, -0.05) is 12.8 Å². The number of carbonyl (C=O) groups excluding carboxylic acids is 1. The molecule has 0 radical (unpaired) electrons. The third-order valence-electron chi connectivity index (χ3n) is 4.57. The van der Waals surface area contributed by atoms with Crippen molar-refractivity contribution in [3.05, 3.63) is 0 Å². The van der Waals surface area contributed by atoms with Crippen molar-refractivity contribution in [2.45, 2.75) is 64.0 Å². The summed E-state index contributed by atoms with van der Waals surface area (Å²) in [5.74, 6) is 0.940. The highest BCUT2D eigenvalue weighted by molar-refractivity contribution is 5.75. The Labute approximate surface area is 117 Å². The molecule has 4 nitrogen and oxygen atoms in total. The Morgan fingerprint density at radius 3 is 2.84 bits per heavy atom. The predicted molar refractivity (Wildman–Crippen MR) is 78.1 cm³/mol. The highest BCUT2D eigenvalue weighted by Gasteiger charge is 2.33. The van der Waals surface area contributed by atoms with Gasteiger partial charge in [-0.15, -0.1) is 0 Å². The molecule has 1 aliphatic carbocycles. The van der Waals surface area contributed by atoms with Gasteiger partial charge in [-0.25, -0.2) is 0 Å². The molecule has 3 N–H and O–H groups in total. The van der Waals surface area contributed by atoms with Crippen molar-refractivity contribution in [3.63, 3.8) is 0 Å². The van der Waals surface area contributed by atoms with E-state index in [0.29, 0.717) is 18.5 Å². The quantitative estimate of drug-likeness (QED) is 0.682. The lowest BCUT2D eigenvalue weighted by Gasteiger charge is -2.33. The van der Waals surface area contributed by atoms with Crippen LogP contribution < -0.4 is 16.0 Å². The Balaban J connectivity index is 1.71. The Kier molecular flexibility index (Phi) is 6.11. The first-order valence-corrected chi connectivity index (χ1v) is 8.04. The average molecular weight is 267 g/mol. The molecule has 1 saturated carbocycles. The van der Waals surface area contributed by atoms with E-state index in [4.69, 9.17) is 0 Å². The van der Waals surface area contributed by atoms with E-state index in [9.17, 15) is 4.79 Å². The third kappa shape index (κ3) is 4.46. The molecule has 0 aromatic heterocycles. The van der Waals surface area contributed by atoms with Crippen LogP contribution in [0.25, 0.3) is 0 Å². The zero-order valence-corrected chi connectivity index (χ0v) is 12.2. The maximum Gasteiger partial charge on any atom is 0.221 e. The molecule has 4 heteroatoms. The molecule has 3 unspecified atom stereocenters. The minimum absolute atomic E-state index is 0.167. The van der Waals surface area contributed by atoms with E-state index >= 15 is 0 Å². The molecular formula is C15H29N3O. The van der Waals surface area contributed by atoms with Crippen molar-refractivity contribution >= 4 is 5.91 Å². The van der Waals surface area contributed by atoms with Crippen molar-refractivity contribution in [1.29, 1.82) is 0 Å². The van der Waals surface area contributed by atoms with E-state index in [0.717, 1.165) is 19.0 Å². The van der Waals surface area contributed by atoms with Crippen LogP contribution in [0.2, 0.25) is 0 Å². The second-order valence-corrected chi connectivity index (χ2v) is 5.92. The number of hydrogen-bond acceptors (Lipinski definition) is 3. The molecule has 19 heavy (non-hydrogen) atoms. The molecule has 2 fully saturated rings. The third-order valence-corrected chi connectivity index (χ3v) is 4.57. The van der Waals surface area contributed by atoms with Gasteiger partial charge in [0, 0.05) is 31.6 Å². The molecule has 1 saturated heterocycles. The summed E-state index contributed by atoms with van der Waals surface area (Å²) in [6.07, 6.45) is 8.60. The molecule has 2 aliphatic rings. The molecule has 0 spiro atoms. The van der Waals surface area contributed by atoms with Crippen molar-refractivity contribution in [2.75, 3.05) is 19.6 Å². The minimum atomic E-state index is 0.167. The fraction of sp³-hybridized carbons (Fsp3) is 0.933. The smallest absolute Gasteiger partial charge is 0.221 e. The number of amides is 1. The summed E-state index contributed by atoms with van der Waals surface area (Å²) in [4.78, 5) is 11.4. The molecule has 110 valence electrons. The van der Waals surface area contributed by atoms with Crippen molar-refractivity contribution < 1.29 is 4.79 Å². The van der Waals surface area contributed by atoms with Crippen molar-refractivity contribution in [3.8, 4) is 0 Å². The second-order valence-electron chi connectivity index (χ2n) is 5.92. The zero-order valence-electron chi connectivity index (χ0n) is 12.2. The summed E-state index contributed by atoms with van der Waals surface area (Å²) < 4.78 is 0. The maximum absolute atomic E-state index is 11.4. The summed E-state index contributed by atoms with van der Waals surface area (Å²) in [7, 11) is 0. The summed E-state index contributed by atoms with van der Waals surface area (Å²) in [6, 6.07) is 1.32. The molecule has 1 aliphatic heterocycles. The topological polar surface area (TPSA) is 53.2 Å². The van der Waals surface area contributed by atoms with Crippen LogP contribution in [0, 0.1) is 5.92 Å². The minimum Gasteiger partial charge on any atom is -0.356 e. The second kappa shape index (κ2) is 7.85. The lowest BCUT2D eigenvalue weighted by molar-refractivity contribution is -0.120. The molecule has 2 rings (SSSR count). The van der Waals surface area contributed by atoms with E-state index in [-0.39, 0.29) is 5.91 Å². The monoisotopic (exact) mass is 267 g/mol. The van der Waals surface area contributed by atoms with Crippen LogP contribution in [-0.2, 0) is 4.79 Å². The average Bonchev–Trinajstić information content (AvgIpc) is 2.88. The highest BCUT2D eigenvalue weighted by atomic mass is 16.1. The first-order valence-electron chi connectivity index (χ1n) is 8.04. The van der Waals surface area contributed by atoms with Crippen LogP contribution >= 0.6 is 0 Å². The first-order chi connectivity index (χ1) is 9.31. The highest BCUT2D eigenvalue weighted by Crippen LogP contribution is 2.31. The van der Waals surface area contributed by atoms with Crippen LogP contribution in [0.1, 0.15) is 51.9 Å². The van der Waals surface area contributed by atoms with E-state index in [1.165, 1.54) is 45.1 Å². The van der Waals surface area contributed by atoms with E-state index < -0.39 is 0 Å². The molecule has 1 amide bonds. The maximum atomic E-state index is 11.4. The number of carbonyl (C=O) groups is 1. The lowest BCUT2D eigenvalue weighted by atomic mass is 9.88. The molecule has 3 atom stereocenters. The van der Waals surface area contributed by atoms with Gasteiger partial charge < -0.3 is 16.0 Å². The predicted octanol–water partition coefficient (Wildman–Crippen LogP) is 1.41. The van der Waals surface area contributed by atoms with Gasteiger partial charge in [0.15, 0.2) is 0 Å². The van der Waals surface area contributed by atoms with Gasteiger partial charge in [0.25, 0.3) is 0 Å². The summed E-state index contributed by atoms with van der Waals surface area (Å²) in [5.41, 5.74) is 0. The summed E-state index contributed by atoms with van der Waals surface area (Å²) in [6.45, 7) is 4.70. The van der Waals surface area contributed by atoms with Crippen LogP contribution in [0.15, 0.2) is 0 Å². The van der Waals surface area contributed by atoms with Gasteiger partial charge in [-0.3, -0.25) is 4.79 Å². The van der Waals surface area contributed by atoms with Crippen molar-refractivity contribution in [1.82, 2.24) is 16.0 Å². The first kappa shape index (κ1) is 14.8. The van der Waals surface area contributed by atoms with Crippen LogP contribution in [-0.4, -0.2) is 37.6 Å². The molecule has 1 heterocycles. The fourth-order valence-electron chi connectivity index (χ4n) is 3.62. The van der Waals surface area contributed by atoms with Crippen molar-refractivity contribution in [2.24, 2.45) is 5.92 Å². The van der Waals surface area contributed by atoms with Gasteiger partial charge in [0.1, 0.15) is 0 Å². The van der Waals surface area contributed by atoms with E-state index in [2.05, 4.69) is 16.0 Å². The Morgan fingerprint density at radius 1 is 1.21 bits per heavy atom. The molecule has 0 aromatic carbocycles. The van der Waals surface area contributed by atoms with Crippen LogP contribution in [0.3, 0.4) is 0 Å². The standard InChI is InChI=1S/C15H29N3O/c1-2-16-15(19)9-11-18-14-8-5-6-12(14)13-7-3-4-10-17-13/h12-14,17-18H,2-11H2,1H3,(H,16,19). The van der Waals surface area contributed by atoms with Crippen LogP contribution in [0.5, 0.6) is 0 Å². The van der Waals surface area contributed by atoms with Crippen LogP contribution in [0.4, 0.5) is 0 Å². The number of rotatable bonds is 6. The lowest BCUT2D eigenvalue weighted by Crippen LogP contribution is -2.47. The number of nitrogens with one attached hydrogen (secondary N) is 3. The summed E-state index contributed by atoms with van der Waals surface area (Å²) in [5, 5.41) is 10.2. The summed E-state index contributed by atoms with van der Waals surface area (Å²) >= 11 is 0. The Morgan fingerprint density at radius 2 is 2.11 bits per heavy atom.